The minimum Gasteiger partial charge on any atom is -0.356 e. The third-order valence-electron chi connectivity index (χ3n) is 3.22. The van der Waals surface area contributed by atoms with Gasteiger partial charge in [0.2, 0.25) is 0 Å². The fourth-order valence-corrected chi connectivity index (χ4v) is 2.45. The van der Waals surface area contributed by atoms with Crippen LogP contribution in [0.25, 0.3) is 11.3 Å². The number of rotatable bonds is 4. The highest BCUT2D eigenvalue weighted by Gasteiger charge is 2.12. The average molecular weight is 347 g/mol. The van der Waals surface area contributed by atoms with E-state index in [1.807, 2.05) is 30.3 Å². The molecule has 0 saturated carbocycles. The number of aromatic nitrogens is 1. The van der Waals surface area contributed by atoms with E-state index in [1.165, 1.54) is 6.07 Å². The third-order valence-corrected chi connectivity index (χ3v) is 3.79. The van der Waals surface area contributed by atoms with Gasteiger partial charge in [0.25, 0.3) is 5.91 Å². The smallest absolute Gasteiger partial charge is 0.253 e. The number of carbonyl (C=O) groups excluding carboxylic acids is 1. The summed E-state index contributed by atoms with van der Waals surface area (Å²) in [4.78, 5) is 12.2. The van der Waals surface area contributed by atoms with Crippen LogP contribution in [0.5, 0.6) is 0 Å². The summed E-state index contributed by atoms with van der Waals surface area (Å²) < 4.78 is 5.28. The number of carbonyl (C=O) groups is 1. The van der Waals surface area contributed by atoms with Gasteiger partial charge in [0.05, 0.1) is 17.1 Å². The van der Waals surface area contributed by atoms with E-state index in [0.717, 1.165) is 5.56 Å². The van der Waals surface area contributed by atoms with Crippen LogP contribution in [0.15, 0.2) is 59.1 Å². The highest BCUT2D eigenvalue weighted by molar-refractivity contribution is 6.35. The zero-order valence-electron chi connectivity index (χ0n) is 11.9. The minimum atomic E-state index is -0.318. The molecule has 0 atom stereocenters. The molecule has 1 aromatic heterocycles. The second-order valence-electron chi connectivity index (χ2n) is 4.86. The molecule has 0 spiro atoms. The third kappa shape index (κ3) is 3.73. The number of hydrogen-bond acceptors (Lipinski definition) is 3. The normalized spacial score (nSPS) is 10.5. The van der Waals surface area contributed by atoms with Crippen LogP contribution >= 0.6 is 23.2 Å². The van der Waals surface area contributed by atoms with Crippen LogP contribution in [0, 0.1) is 0 Å². The van der Waals surface area contributed by atoms with Crippen molar-refractivity contribution in [1.29, 1.82) is 0 Å². The maximum absolute atomic E-state index is 12.2. The predicted molar refractivity (Wildman–Crippen MR) is 89.6 cm³/mol. The van der Waals surface area contributed by atoms with E-state index in [0.29, 0.717) is 27.1 Å². The van der Waals surface area contributed by atoms with E-state index in [4.69, 9.17) is 27.7 Å². The van der Waals surface area contributed by atoms with Crippen molar-refractivity contribution in [3.05, 3.63) is 75.9 Å². The van der Waals surface area contributed by atoms with Gasteiger partial charge in [-0.2, -0.15) is 0 Å². The van der Waals surface area contributed by atoms with Gasteiger partial charge >= 0.3 is 0 Å². The largest absolute Gasteiger partial charge is 0.356 e. The molecule has 0 bridgehead atoms. The summed E-state index contributed by atoms with van der Waals surface area (Å²) in [5.41, 5.74) is 1.87. The maximum atomic E-state index is 12.2. The lowest BCUT2D eigenvalue weighted by atomic mass is 10.1. The lowest BCUT2D eigenvalue weighted by Crippen LogP contribution is -2.23. The van der Waals surface area contributed by atoms with E-state index >= 15 is 0 Å². The average Bonchev–Trinajstić information content (AvgIpc) is 3.05. The molecule has 3 aromatic rings. The molecule has 6 heteroatoms. The molecule has 116 valence electrons. The fraction of sp³-hybridized carbons (Fsp3) is 0.0588. The van der Waals surface area contributed by atoms with Gasteiger partial charge in [0.15, 0.2) is 5.76 Å². The lowest BCUT2D eigenvalue weighted by Gasteiger charge is -2.05. The SMILES string of the molecule is O=C(NCc1cc(-c2ccccc2)on1)c1cc(Cl)ccc1Cl. The second-order valence-corrected chi connectivity index (χ2v) is 5.70. The van der Waals surface area contributed by atoms with Gasteiger partial charge in [-0.15, -0.1) is 0 Å². The van der Waals surface area contributed by atoms with Crippen LogP contribution in [-0.4, -0.2) is 11.1 Å². The Labute approximate surface area is 143 Å². The zero-order chi connectivity index (χ0) is 16.2. The number of benzene rings is 2. The summed E-state index contributed by atoms with van der Waals surface area (Å²) in [5, 5.41) is 7.49. The molecule has 1 N–H and O–H groups in total. The standard InChI is InChI=1S/C17H12Cl2N2O2/c18-12-6-7-15(19)14(8-12)17(22)20-10-13-9-16(23-21-13)11-4-2-1-3-5-11/h1-9H,10H2,(H,20,22). The molecule has 4 nitrogen and oxygen atoms in total. The fourth-order valence-electron chi connectivity index (χ4n) is 2.07. The minimum absolute atomic E-state index is 0.234. The highest BCUT2D eigenvalue weighted by atomic mass is 35.5. The van der Waals surface area contributed by atoms with E-state index in [9.17, 15) is 4.79 Å². The van der Waals surface area contributed by atoms with Gasteiger partial charge in [-0.1, -0.05) is 58.7 Å². The monoisotopic (exact) mass is 346 g/mol. The summed E-state index contributed by atoms with van der Waals surface area (Å²) in [6.07, 6.45) is 0. The van der Waals surface area contributed by atoms with Gasteiger partial charge in [0, 0.05) is 16.7 Å². The molecule has 1 amide bonds. The molecule has 3 rings (SSSR count). The molecule has 2 aromatic carbocycles. The maximum Gasteiger partial charge on any atom is 0.253 e. The first kappa shape index (κ1) is 15.6. The van der Waals surface area contributed by atoms with E-state index < -0.39 is 0 Å². The molecular weight excluding hydrogens is 335 g/mol. The van der Waals surface area contributed by atoms with Crippen LogP contribution in [0.1, 0.15) is 16.1 Å². The summed E-state index contributed by atoms with van der Waals surface area (Å²) in [7, 11) is 0. The highest BCUT2D eigenvalue weighted by Crippen LogP contribution is 2.21. The van der Waals surface area contributed by atoms with Crippen LogP contribution in [0.4, 0.5) is 0 Å². The Hall–Kier alpha value is -2.30. The number of nitrogens with zero attached hydrogens (tertiary/aromatic N) is 1. The first-order valence-electron chi connectivity index (χ1n) is 6.88. The molecule has 23 heavy (non-hydrogen) atoms. The van der Waals surface area contributed by atoms with Gasteiger partial charge in [-0.25, -0.2) is 0 Å². The summed E-state index contributed by atoms with van der Waals surface area (Å²) in [6.45, 7) is 0.234. The Morgan fingerprint density at radius 2 is 1.87 bits per heavy atom. The number of nitrogens with one attached hydrogen (secondary N) is 1. The lowest BCUT2D eigenvalue weighted by molar-refractivity contribution is 0.0950. The Balaban J connectivity index is 1.68. The Morgan fingerprint density at radius 1 is 1.09 bits per heavy atom. The number of halogens is 2. The molecule has 0 radical (unpaired) electrons. The van der Waals surface area contributed by atoms with E-state index in [2.05, 4.69) is 10.5 Å². The summed E-state index contributed by atoms with van der Waals surface area (Å²) in [6, 6.07) is 16.1. The molecule has 0 aliphatic rings. The Kier molecular flexibility index (Phi) is 4.65. The topological polar surface area (TPSA) is 55.1 Å². The van der Waals surface area contributed by atoms with E-state index in [-0.39, 0.29) is 12.5 Å². The van der Waals surface area contributed by atoms with Crippen LogP contribution in [-0.2, 0) is 6.54 Å². The van der Waals surface area contributed by atoms with Crippen molar-refractivity contribution in [3.8, 4) is 11.3 Å². The van der Waals surface area contributed by atoms with Gasteiger partial charge in [0.1, 0.15) is 5.69 Å². The first-order chi connectivity index (χ1) is 11.1. The Bertz CT molecular complexity index is 832. The van der Waals surface area contributed by atoms with Gasteiger partial charge < -0.3 is 9.84 Å². The summed E-state index contributed by atoms with van der Waals surface area (Å²) in [5.74, 6) is 0.331. The predicted octanol–water partition coefficient (Wildman–Crippen LogP) is 4.58. The van der Waals surface area contributed by atoms with Crippen molar-refractivity contribution < 1.29 is 9.32 Å². The number of amides is 1. The van der Waals surface area contributed by atoms with E-state index in [1.54, 1.807) is 18.2 Å². The molecule has 0 saturated heterocycles. The quantitative estimate of drug-likeness (QED) is 0.752. The van der Waals surface area contributed by atoms with Crippen molar-refractivity contribution in [3.63, 3.8) is 0 Å². The molecule has 0 fully saturated rings. The molecule has 0 unspecified atom stereocenters. The van der Waals surface area contributed by atoms with Gasteiger partial charge in [-0.05, 0) is 18.2 Å². The van der Waals surface area contributed by atoms with Crippen LogP contribution in [0.2, 0.25) is 10.0 Å². The van der Waals surface area contributed by atoms with Crippen LogP contribution in [0.3, 0.4) is 0 Å². The second kappa shape index (κ2) is 6.86. The first-order valence-corrected chi connectivity index (χ1v) is 7.63. The molecule has 0 aliphatic heterocycles. The zero-order valence-corrected chi connectivity index (χ0v) is 13.4. The number of hydrogen-bond donors (Lipinski definition) is 1. The Morgan fingerprint density at radius 3 is 2.65 bits per heavy atom. The van der Waals surface area contributed by atoms with Crippen molar-refractivity contribution >= 4 is 29.1 Å². The van der Waals surface area contributed by atoms with Crippen LogP contribution < -0.4 is 5.32 Å². The van der Waals surface area contributed by atoms with Crippen molar-refractivity contribution in [2.75, 3.05) is 0 Å². The molecule has 1 heterocycles. The van der Waals surface area contributed by atoms with Gasteiger partial charge in [-0.3, -0.25) is 4.79 Å². The molecular formula is C17H12Cl2N2O2. The molecule has 0 aliphatic carbocycles. The summed E-state index contributed by atoms with van der Waals surface area (Å²) >= 11 is 11.9. The van der Waals surface area contributed by atoms with Crippen molar-refractivity contribution in [2.24, 2.45) is 0 Å². The van der Waals surface area contributed by atoms with Crippen molar-refractivity contribution in [1.82, 2.24) is 10.5 Å². The van der Waals surface area contributed by atoms with Crippen molar-refractivity contribution in [2.45, 2.75) is 6.54 Å².